The lowest BCUT2D eigenvalue weighted by Crippen LogP contribution is -2.39. The van der Waals surface area contributed by atoms with Crippen molar-refractivity contribution in [1.29, 1.82) is 0 Å². The van der Waals surface area contributed by atoms with Crippen molar-refractivity contribution in [2.75, 3.05) is 0 Å². The minimum absolute atomic E-state index is 0.0333. The highest BCUT2D eigenvalue weighted by molar-refractivity contribution is 6.00. The van der Waals surface area contributed by atoms with Crippen LogP contribution in [0.15, 0.2) is 27.8 Å². The number of rotatable bonds is 4. The summed E-state index contributed by atoms with van der Waals surface area (Å²) in [5, 5.41) is 9.13. The molecule has 0 aliphatic heterocycles. The number of aromatic carboxylic acids is 1. The molecular formula is C13H13N3O5. The zero-order valence-corrected chi connectivity index (χ0v) is 11.1. The maximum absolute atomic E-state index is 12.0. The summed E-state index contributed by atoms with van der Waals surface area (Å²) in [6, 6.07) is 3.60. The van der Waals surface area contributed by atoms with Crippen molar-refractivity contribution in [3.63, 3.8) is 0 Å². The zero-order chi connectivity index (χ0) is 15.7. The number of H-pyrrole nitrogens is 1. The van der Waals surface area contributed by atoms with Crippen LogP contribution in [0.25, 0.3) is 11.0 Å². The van der Waals surface area contributed by atoms with E-state index in [0.29, 0.717) is 0 Å². The van der Waals surface area contributed by atoms with Gasteiger partial charge in [0.2, 0.25) is 5.91 Å². The normalized spacial score (nSPS) is 12.2. The van der Waals surface area contributed by atoms with E-state index in [0.717, 1.165) is 4.57 Å². The number of fused-ring (bicyclic) bond motifs is 1. The molecule has 21 heavy (non-hydrogen) atoms. The lowest BCUT2D eigenvalue weighted by Gasteiger charge is -2.16. The van der Waals surface area contributed by atoms with E-state index in [4.69, 9.17) is 10.8 Å². The van der Waals surface area contributed by atoms with E-state index >= 15 is 0 Å². The fourth-order valence-corrected chi connectivity index (χ4v) is 2.26. The highest BCUT2D eigenvalue weighted by Gasteiger charge is 2.18. The van der Waals surface area contributed by atoms with Crippen LogP contribution >= 0.6 is 0 Å². The van der Waals surface area contributed by atoms with Gasteiger partial charge in [0.1, 0.15) is 0 Å². The van der Waals surface area contributed by atoms with Gasteiger partial charge >= 0.3 is 17.1 Å². The van der Waals surface area contributed by atoms with Crippen molar-refractivity contribution in [1.82, 2.24) is 9.55 Å². The Hall–Kier alpha value is -2.90. The molecule has 2 rings (SSSR count). The molecule has 1 heterocycles. The molecule has 0 bridgehead atoms. The van der Waals surface area contributed by atoms with Crippen LogP contribution in [0.5, 0.6) is 0 Å². The van der Waals surface area contributed by atoms with Gasteiger partial charge in [0, 0.05) is 12.5 Å². The molecule has 0 spiro atoms. The number of primary amides is 1. The number of carboxylic acids is 1. The summed E-state index contributed by atoms with van der Waals surface area (Å²) in [6.45, 7) is 1.55. The standard InChI is InChI=1S/C13H13N3O5/c1-6(5-9(14)17)16-8-4-2-3-7(13(20)21)10(8)15-11(18)12(16)19/h2-4,6H,5H2,1H3,(H2,14,17)(H,15,18)(H,20,21). The zero-order valence-electron chi connectivity index (χ0n) is 11.1. The first-order valence-corrected chi connectivity index (χ1v) is 6.12. The second-order valence-corrected chi connectivity index (χ2v) is 4.65. The van der Waals surface area contributed by atoms with Gasteiger partial charge in [-0.2, -0.15) is 0 Å². The Morgan fingerprint density at radius 1 is 1.38 bits per heavy atom. The number of aromatic amines is 1. The Morgan fingerprint density at radius 2 is 2.05 bits per heavy atom. The third kappa shape index (κ3) is 2.55. The number of hydrogen-bond donors (Lipinski definition) is 3. The Labute approximate surface area is 117 Å². The lowest BCUT2D eigenvalue weighted by molar-refractivity contribution is -0.118. The number of amides is 1. The fraction of sp³-hybridized carbons (Fsp3) is 0.231. The van der Waals surface area contributed by atoms with Crippen molar-refractivity contribution in [2.24, 2.45) is 5.73 Å². The molecule has 0 saturated heterocycles. The van der Waals surface area contributed by atoms with Crippen molar-refractivity contribution in [3.8, 4) is 0 Å². The lowest BCUT2D eigenvalue weighted by atomic mass is 10.1. The number of aromatic nitrogens is 2. The number of hydrogen-bond acceptors (Lipinski definition) is 4. The number of nitrogens with zero attached hydrogens (tertiary/aromatic N) is 1. The third-order valence-electron chi connectivity index (χ3n) is 3.12. The van der Waals surface area contributed by atoms with Gasteiger partial charge in [-0.15, -0.1) is 0 Å². The minimum Gasteiger partial charge on any atom is -0.478 e. The van der Waals surface area contributed by atoms with Crippen LogP contribution in [-0.4, -0.2) is 26.5 Å². The van der Waals surface area contributed by atoms with E-state index in [1.165, 1.54) is 18.2 Å². The van der Waals surface area contributed by atoms with Gasteiger partial charge in [0.15, 0.2) is 0 Å². The van der Waals surface area contributed by atoms with E-state index in [-0.39, 0.29) is 23.0 Å². The largest absolute Gasteiger partial charge is 0.478 e. The average molecular weight is 291 g/mol. The summed E-state index contributed by atoms with van der Waals surface area (Å²) in [5.41, 5.74) is 3.42. The molecule has 0 fully saturated rings. The van der Waals surface area contributed by atoms with Gasteiger partial charge < -0.3 is 15.8 Å². The van der Waals surface area contributed by atoms with E-state index in [1.807, 2.05) is 0 Å². The number of benzene rings is 1. The van der Waals surface area contributed by atoms with Gasteiger partial charge in [0.25, 0.3) is 0 Å². The number of carbonyl (C=O) groups excluding carboxylic acids is 1. The van der Waals surface area contributed by atoms with Gasteiger partial charge in [0.05, 0.1) is 16.6 Å². The van der Waals surface area contributed by atoms with Crippen LogP contribution < -0.4 is 16.9 Å². The Kier molecular flexibility index (Phi) is 3.62. The van der Waals surface area contributed by atoms with Gasteiger partial charge in [-0.1, -0.05) is 6.07 Å². The smallest absolute Gasteiger partial charge is 0.337 e. The molecule has 1 atom stereocenters. The third-order valence-corrected chi connectivity index (χ3v) is 3.12. The second kappa shape index (κ2) is 5.23. The number of carboxylic acid groups (broad SMARTS) is 1. The SMILES string of the molecule is CC(CC(N)=O)n1c(=O)c(=O)[nH]c2c(C(=O)O)cccc21. The summed E-state index contributed by atoms with van der Waals surface area (Å²) in [7, 11) is 0. The van der Waals surface area contributed by atoms with Crippen LogP contribution in [0.2, 0.25) is 0 Å². The monoisotopic (exact) mass is 291 g/mol. The second-order valence-electron chi connectivity index (χ2n) is 4.65. The predicted molar refractivity (Wildman–Crippen MR) is 74.3 cm³/mol. The van der Waals surface area contributed by atoms with E-state index in [2.05, 4.69) is 4.98 Å². The highest BCUT2D eigenvalue weighted by atomic mass is 16.4. The van der Waals surface area contributed by atoms with Crippen LogP contribution in [0, 0.1) is 0 Å². The number of nitrogens with one attached hydrogen (secondary N) is 1. The molecule has 8 heteroatoms. The van der Waals surface area contributed by atoms with Crippen molar-refractivity contribution >= 4 is 22.9 Å². The summed E-state index contributed by atoms with van der Waals surface area (Å²) in [5.74, 6) is -1.86. The molecule has 1 unspecified atom stereocenters. The number of para-hydroxylation sites is 1. The molecule has 0 saturated carbocycles. The van der Waals surface area contributed by atoms with Crippen LogP contribution in [0.4, 0.5) is 0 Å². The van der Waals surface area contributed by atoms with Crippen molar-refractivity contribution in [2.45, 2.75) is 19.4 Å². The fourth-order valence-electron chi connectivity index (χ4n) is 2.26. The quantitative estimate of drug-likeness (QED) is 0.672. The first-order chi connectivity index (χ1) is 9.82. The number of nitrogens with two attached hydrogens (primary N) is 1. The predicted octanol–water partition coefficient (Wildman–Crippen LogP) is -0.176. The summed E-state index contributed by atoms with van der Waals surface area (Å²) < 4.78 is 1.09. The Balaban J connectivity index is 2.87. The topological polar surface area (TPSA) is 135 Å². The van der Waals surface area contributed by atoms with Gasteiger partial charge in [-0.3, -0.25) is 19.0 Å². The first-order valence-electron chi connectivity index (χ1n) is 6.12. The molecule has 8 nitrogen and oxygen atoms in total. The van der Waals surface area contributed by atoms with E-state index < -0.39 is 29.0 Å². The average Bonchev–Trinajstić information content (AvgIpc) is 2.38. The molecular weight excluding hydrogens is 278 g/mol. The maximum Gasteiger partial charge on any atom is 0.337 e. The first kappa shape index (κ1) is 14.5. The Bertz CT molecular complexity index is 849. The minimum atomic E-state index is -1.23. The molecule has 1 amide bonds. The number of carbonyl (C=O) groups is 2. The summed E-state index contributed by atoms with van der Waals surface area (Å²) >= 11 is 0. The van der Waals surface area contributed by atoms with E-state index in [9.17, 15) is 19.2 Å². The summed E-state index contributed by atoms with van der Waals surface area (Å²) in [6.07, 6.45) is -0.143. The Morgan fingerprint density at radius 3 is 2.62 bits per heavy atom. The van der Waals surface area contributed by atoms with Crippen LogP contribution in [0.1, 0.15) is 29.7 Å². The molecule has 2 aromatic rings. The molecule has 110 valence electrons. The molecule has 0 aliphatic rings. The van der Waals surface area contributed by atoms with E-state index in [1.54, 1.807) is 6.92 Å². The molecule has 1 aromatic carbocycles. The van der Waals surface area contributed by atoms with Gasteiger partial charge in [-0.05, 0) is 19.1 Å². The maximum atomic E-state index is 12.0. The van der Waals surface area contributed by atoms with Crippen molar-refractivity contribution < 1.29 is 14.7 Å². The highest BCUT2D eigenvalue weighted by Crippen LogP contribution is 2.18. The van der Waals surface area contributed by atoms with Crippen molar-refractivity contribution in [3.05, 3.63) is 44.5 Å². The van der Waals surface area contributed by atoms with Crippen LogP contribution in [-0.2, 0) is 4.79 Å². The molecule has 0 aliphatic carbocycles. The van der Waals surface area contributed by atoms with Crippen LogP contribution in [0.3, 0.4) is 0 Å². The molecule has 1 aromatic heterocycles. The van der Waals surface area contributed by atoms with Gasteiger partial charge in [-0.25, -0.2) is 4.79 Å². The molecule has 0 radical (unpaired) electrons. The molecule has 4 N–H and O–H groups in total. The summed E-state index contributed by atoms with van der Waals surface area (Å²) in [4.78, 5) is 48.2.